The molecule has 6 aliphatic rings. The summed E-state index contributed by atoms with van der Waals surface area (Å²) in [6, 6.07) is 0. The second kappa shape index (κ2) is 10.9. The largest absolute Gasteiger partial charge is 0.462 e. The van der Waals surface area contributed by atoms with E-state index in [0.717, 1.165) is 62.4 Å². The number of rotatable bonds is 7. The Bertz CT molecular complexity index is 878. The van der Waals surface area contributed by atoms with Gasteiger partial charge in [-0.3, -0.25) is 4.79 Å². The highest BCUT2D eigenvalue weighted by Crippen LogP contribution is 2.71. The van der Waals surface area contributed by atoms with Gasteiger partial charge in [-0.05, 0) is 111 Å². The number of hydrogen-bond acceptors (Lipinski definition) is 4. The lowest BCUT2D eigenvalue weighted by Crippen LogP contribution is -2.55. The zero-order chi connectivity index (χ0) is 27.4. The standard InChI is InChI=1S/C35H58O4/c1-6-7-8-9-10-11-31(36)38-26-15-17-33(4)25(20-26)12-13-27-28(33)16-18-34(5)29(27)21-30-32(34)24(3)35(39-30)19-14-23(2)22-37-35/h23-30,32H,6-22H2,1-5H3/t23-,24+,25+,26+,27+,28-,29+,30-,32-,33-,34-,35+/m0/s1. The molecule has 6 fully saturated rings. The summed E-state index contributed by atoms with van der Waals surface area (Å²) in [5.41, 5.74) is 0.815. The molecule has 12 atom stereocenters. The van der Waals surface area contributed by atoms with Crippen molar-refractivity contribution in [1.82, 2.24) is 0 Å². The van der Waals surface area contributed by atoms with E-state index in [4.69, 9.17) is 14.2 Å². The summed E-state index contributed by atoms with van der Waals surface area (Å²) in [6.45, 7) is 13.2. The minimum absolute atomic E-state index is 0.0583. The third-order valence-electron chi connectivity index (χ3n) is 13.7. The van der Waals surface area contributed by atoms with Crippen LogP contribution in [0.25, 0.3) is 0 Å². The zero-order valence-electron chi connectivity index (χ0n) is 25.8. The van der Waals surface area contributed by atoms with E-state index in [0.29, 0.717) is 41.1 Å². The van der Waals surface area contributed by atoms with Gasteiger partial charge in [-0.1, -0.05) is 60.3 Å². The summed E-state index contributed by atoms with van der Waals surface area (Å²) in [6.07, 6.45) is 19.5. The molecule has 6 rings (SSSR count). The van der Waals surface area contributed by atoms with Crippen molar-refractivity contribution in [3.8, 4) is 0 Å². The molecule has 2 saturated heterocycles. The number of unbranched alkanes of at least 4 members (excludes halogenated alkanes) is 4. The molecule has 0 radical (unpaired) electrons. The molecule has 2 heterocycles. The molecule has 2 aliphatic heterocycles. The highest BCUT2D eigenvalue weighted by Gasteiger charge is 2.69. The molecule has 0 bridgehead atoms. The van der Waals surface area contributed by atoms with Crippen LogP contribution < -0.4 is 0 Å². The maximum absolute atomic E-state index is 12.6. The summed E-state index contributed by atoms with van der Waals surface area (Å²) in [5, 5.41) is 0. The van der Waals surface area contributed by atoms with Crippen LogP contribution in [0, 0.1) is 52.3 Å². The third-order valence-corrected chi connectivity index (χ3v) is 13.7. The quantitative estimate of drug-likeness (QED) is 0.238. The van der Waals surface area contributed by atoms with Crippen LogP contribution in [0.4, 0.5) is 0 Å². The lowest BCUT2D eigenvalue weighted by atomic mass is 9.44. The van der Waals surface area contributed by atoms with E-state index in [1.54, 1.807) is 0 Å². The Morgan fingerprint density at radius 3 is 2.44 bits per heavy atom. The Morgan fingerprint density at radius 2 is 1.67 bits per heavy atom. The smallest absolute Gasteiger partial charge is 0.306 e. The Hall–Kier alpha value is -0.610. The van der Waals surface area contributed by atoms with Crippen LogP contribution in [-0.4, -0.2) is 30.6 Å². The molecule has 0 amide bonds. The van der Waals surface area contributed by atoms with E-state index < -0.39 is 0 Å². The van der Waals surface area contributed by atoms with Crippen molar-refractivity contribution in [2.45, 2.75) is 155 Å². The van der Waals surface area contributed by atoms with Crippen LogP contribution in [0.1, 0.15) is 137 Å². The highest BCUT2D eigenvalue weighted by molar-refractivity contribution is 5.69. The maximum Gasteiger partial charge on any atom is 0.306 e. The molecule has 0 aromatic heterocycles. The molecule has 4 aliphatic carbocycles. The molecule has 222 valence electrons. The molecular formula is C35H58O4. The predicted molar refractivity (Wildman–Crippen MR) is 155 cm³/mol. The van der Waals surface area contributed by atoms with Crippen molar-refractivity contribution in [3.63, 3.8) is 0 Å². The van der Waals surface area contributed by atoms with E-state index in [-0.39, 0.29) is 17.9 Å². The zero-order valence-corrected chi connectivity index (χ0v) is 25.8. The van der Waals surface area contributed by atoms with Gasteiger partial charge < -0.3 is 14.2 Å². The maximum atomic E-state index is 12.6. The summed E-state index contributed by atoms with van der Waals surface area (Å²) in [5.74, 6) is 4.77. The van der Waals surface area contributed by atoms with Crippen molar-refractivity contribution >= 4 is 5.97 Å². The third kappa shape index (κ3) is 4.84. The second-order valence-electron chi connectivity index (χ2n) is 15.7. The topological polar surface area (TPSA) is 44.8 Å². The Labute approximate surface area is 239 Å². The summed E-state index contributed by atoms with van der Waals surface area (Å²) in [7, 11) is 0. The van der Waals surface area contributed by atoms with Crippen LogP contribution in [0.5, 0.6) is 0 Å². The first kappa shape index (κ1) is 28.5. The number of carbonyl (C=O) groups excluding carboxylic acids is 1. The fraction of sp³-hybridized carbons (Fsp3) is 0.971. The van der Waals surface area contributed by atoms with Gasteiger partial charge in [0.15, 0.2) is 5.79 Å². The predicted octanol–water partition coefficient (Wildman–Crippen LogP) is 8.71. The lowest BCUT2D eigenvalue weighted by molar-refractivity contribution is -0.273. The Balaban J connectivity index is 1.07. The number of carbonyl (C=O) groups is 1. The van der Waals surface area contributed by atoms with Crippen molar-refractivity contribution in [1.29, 1.82) is 0 Å². The molecule has 4 heteroatoms. The van der Waals surface area contributed by atoms with Gasteiger partial charge in [0, 0.05) is 18.8 Å². The molecule has 39 heavy (non-hydrogen) atoms. The van der Waals surface area contributed by atoms with Gasteiger partial charge in [0.05, 0.1) is 12.7 Å². The number of fused-ring (bicyclic) bond motifs is 7. The van der Waals surface area contributed by atoms with Crippen molar-refractivity contribution in [3.05, 3.63) is 0 Å². The van der Waals surface area contributed by atoms with Gasteiger partial charge in [0.2, 0.25) is 0 Å². The van der Waals surface area contributed by atoms with Gasteiger partial charge in [-0.2, -0.15) is 0 Å². The molecule has 4 nitrogen and oxygen atoms in total. The number of hydrogen-bond donors (Lipinski definition) is 0. The molecule has 0 unspecified atom stereocenters. The van der Waals surface area contributed by atoms with Crippen LogP contribution in [0.2, 0.25) is 0 Å². The summed E-state index contributed by atoms with van der Waals surface area (Å²) < 4.78 is 19.6. The minimum Gasteiger partial charge on any atom is -0.462 e. The van der Waals surface area contributed by atoms with E-state index in [1.165, 1.54) is 64.2 Å². The van der Waals surface area contributed by atoms with E-state index >= 15 is 0 Å². The van der Waals surface area contributed by atoms with Crippen LogP contribution >= 0.6 is 0 Å². The minimum atomic E-state index is -0.304. The van der Waals surface area contributed by atoms with Gasteiger partial charge in [0.1, 0.15) is 6.10 Å². The molecule has 0 N–H and O–H groups in total. The van der Waals surface area contributed by atoms with Gasteiger partial charge >= 0.3 is 5.97 Å². The SMILES string of the molecule is CCCCCCCC(=O)O[C@@H]1CC[C@@]2(C)[C@H](CC[C@H]3[C@H]4C[C@@H]5O[C@]6(CC[C@H](C)CO6)[C@H](C)[C@@H]5[C@@]4(C)CC[C@@H]32)C1. The first-order valence-electron chi connectivity index (χ1n) is 17.2. The first-order valence-corrected chi connectivity index (χ1v) is 17.2. The highest BCUT2D eigenvalue weighted by atomic mass is 16.7. The molecule has 0 aromatic rings. The Morgan fingerprint density at radius 1 is 0.872 bits per heavy atom. The van der Waals surface area contributed by atoms with Gasteiger partial charge in [-0.25, -0.2) is 0 Å². The van der Waals surface area contributed by atoms with Crippen molar-refractivity contribution in [2.75, 3.05) is 6.61 Å². The monoisotopic (exact) mass is 542 g/mol. The normalized spacial score (nSPS) is 50.6. The van der Waals surface area contributed by atoms with Crippen molar-refractivity contribution in [2.24, 2.45) is 52.3 Å². The van der Waals surface area contributed by atoms with E-state index in [9.17, 15) is 4.79 Å². The lowest BCUT2D eigenvalue weighted by Gasteiger charge is -2.61. The fourth-order valence-electron chi connectivity index (χ4n) is 11.5. The van der Waals surface area contributed by atoms with E-state index in [1.807, 2.05) is 0 Å². The molecule has 1 spiro atoms. The molecular weight excluding hydrogens is 484 g/mol. The number of esters is 1. The summed E-state index contributed by atoms with van der Waals surface area (Å²) >= 11 is 0. The van der Waals surface area contributed by atoms with Gasteiger partial charge in [-0.15, -0.1) is 0 Å². The summed E-state index contributed by atoms with van der Waals surface area (Å²) in [4.78, 5) is 12.6. The van der Waals surface area contributed by atoms with Crippen molar-refractivity contribution < 1.29 is 19.0 Å². The Kier molecular flexibility index (Phi) is 7.97. The second-order valence-corrected chi connectivity index (χ2v) is 15.7. The molecule has 4 saturated carbocycles. The van der Waals surface area contributed by atoms with E-state index in [2.05, 4.69) is 34.6 Å². The first-order chi connectivity index (χ1) is 18.7. The average molecular weight is 543 g/mol. The van der Waals surface area contributed by atoms with Gasteiger partial charge in [0.25, 0.3) is 0 Å². The van der Waals surface area contributed by atoms with Crippen LogP contribution in [0.15, 0.2) is 0 Å². The number of ether oxygens (including phenoxy) is 3. The molecule has 0 aromatic carbocycles. The fourth-order valence-corrected chi connectivity index (χ4v) is 11.5. The van der Waals surface area contributed by atoms with Crippen LogP contribution in [0.3, 0.4) is 0 Å². The van der Waals surface area contributed by atoms with Crippen LogP contribution in [-0.2, 0) is 19.0 Å². The average Bonchev–Trinajstić information content (AvgIpc) is 3.36.